The molecule has 0 N–H and O–H groups in total. The molecule has 1 heterocycles. The number of carbonyl (C=O) groups excluding carboxylic acids is 1. The molecule has 3 rings (SSSR count). The van der Waals surface area contributed by atoms with Crippen molar-refractivity contribution in [1.82, 2.24) is 4.90 Å². The molecule has 1 aliphatic heterocycles. The zero-order chi connectivity index (χ0) is 19.9. The van der Waals surface area contributed by atoms with Gasteiger partial charge in [0.1, 0.15) is 5.75 Å². The molecule has 1 aliphatic rings. The smallest absolute Gasteiger partial charge is 0.254 e. The van der Waals surface area contributed by atoms with Crippen molar-refractivity contribution < 1.29 is 19.0 Å². The predicted octanol–water partition coefficient (Wildman–Crippen LogP) is 3.46. The Balaban J connectivity index is 1.67. The summed E-state index contributed by atoms with van der Waals surface area (Å²) in [5.74, 6) is 2.14. The van der Waals surface area contributed by atoms with E-state index in [0.29, 0.717) is 43.4 Å². The van der Waals surface area contributed by atoms with Gasteiger partial charge in [0.05, 0.1) is 26.0 Å². The normalized spacial score (nSPS) is 14.0. The minimum absolute atomic E-state index is 0.0130. The molecule has 150 valence electrons. The molecule has 0 spiro atoms. The molecule has 2 aromatic rings. The maximum Gasteiger partial charge on any atom is 0.254 e. The van der Waals surface area contributed by atoms with Crippen LogP contribution in [0, 0.1) is 0 Å². The van der Waals surface area contributed by atoms with E-state index < -0.39 is 0 Å². The molecule has 0 saturated carbocycles. The zero-order valence-corrected chi connectivity index (χ0v) is 16.8. The molecule has 6 nitrogen and oxygen atoms in total. The lowest BCUT2D eigenvalue weighted by atomic mass is 10.1. The Bertz CT molecular complexity index is 801. The molecular weight excluding hydrogens is 356 g/mol. The highest BCUT2D eigenvalue weighted by molar-refractivity contribution is 5.95. The Kier molecular flexibility index (Phi) is 6.63. The molecule has 0 aliphatic carbocycles. The first-order valence-corrected chi connectivity index (χ1v) is 9.74. The van der Waals surface area contributed by atoms with Crippen LogP contribution in [0.4, 0.5) is 5.69 Å². The van der Waals surface area contributed by atoms with Gasteiger partial charge in [-0.05, 0) is 44.2 Å². The van der Waals surface area contributed by atoms with Crippen LogP contribution in [0.5, 0.6) is 17.2 Å². The number of benzene rings is 2. The first-order valence-electron chi connectivity index (χ1n) is 9.74. The van der Waals surface area contributed by atoms with Crippen molar-refractivity contribution >= 4 is 11.6 Å². The summed E-state index contributed by atoms with van der Waals surface area (Å²) >= 11 is 0. The molecule has 0 bridgehead atoms. The topological polar surface area (TPSA) is 51.2 Å². The fourth-order valence-electron chi connectivity index (χ4n) is 3.40. The third-order valence-electron chi connectivity index (χ3n) is 4.78. The number of ether oxygens (including phenoxy) is 3. The summed E-state index contributed by atoms with van der Waals surface area (Å²) in [6, 6.07) is 13.4. The minimum atomic E-state index is 0.0130. The molecule has 0 radical (unpaired) electrons. The van der Waals surface area contributed by atoms with Crippen LogP contribution in [0.15, 0.2) is 42.5 Å². The van der Waals surface area contributed by atoms with Crippen molar-refractivity contribution in [1.29, 1.82) is 0 Å². The van der Waals surface area contributed by atoms with Gasteiger partial charge in [-0.2, -0.15) is 0 Å². The van der Waals surface area contributed by atoms with Crippen LogP contribution in [0.25, 0.3) is 0 Å². The number of nitrogens with zero attached hydrogens (tertiary/aromatic N) is 2. The van der Waals surface area contributed by atoms with Gasteiger partial charge in [-0.3, -0.25) is 4.79 Å². The Morgan fingerprint density at radius 3 is 2.25 bits per heavy atom. The summed E-state index contributed by atoms with van der Waals surface area (Å²) in [6.07, 6.45) is 0. The molecule has 1 amide bonds. The number of hydrogen-bond acceptors (Lipinski definition) is 5. The standard InChI is InChI=1S/C22H28N2O4/c1-4-27-19-9-7-6-8-18(19)23-12-14-24(15-13-23)22(25)17-10-11-20(28-5-2)21(16-17)26-3/h6-11,16H,4-5,12-15H2,1-3H3. The number of para-hydroxylation sites is 2. The molecule has 0 aromatic heterocycles. The third-order valence-corrected chi connectivity index (χ3v) is 4.78. The molecule has 1 saturated heterocycles. The van der Waals surface area contributed by atoms with Crippen molar-refractivity contribution in [3.05, 3.63) is 48.0 Å². The van der Waals surface area contributed by atoms with Crippen LogP contribution in [0.3, 0.4) is 0 Å². The van der Waals surface area contributed by atoms with Crippen LogP contribution >= 0.6 is 0 Å². The highest BCUT2D eigenvalue weighted by atomic mass is 16.5. The number of piperazine rings is 1. The van der Waals surface area contributed by atoms with Crippen molar-refractivity contribution in [2.75, 3.05) is 51.4 Å². The first-order chi connectivity index (χ1) is 13.7. The maximum atomic E-state index is 12.9. The van der Waals surface area contributed by atoms with Gasteiger partial charge in [0.2, 0.25) is 0 Å². The van der Waals surface area contributed by atoms with Gasteiger partial charge in [-0.1, -0.05) is 12.1 Å². The van der Waals surface area contributed by atoms with Crippen molar-refractivity contribution in [2.45, 2.75) is 13.8 Å². The third kappa shape index (κ3) is 4.32. The summed E-state index contributed by atoms with van der Waals surface area (Å²) in [4.78, 5) is 17.1. The van der Waals surface area contributed by atoms with E-state index in [9.17, 15) is 4.79 Å². The second kappa shape index (κ2) is 9.35. The first kappa shape index (κ1) is 19.9. The Hall–Kier alpha value is -2.89. The number of rotatable bonds is 7. The fraction of sp³-hybridized carbons (Fsp3) is 0.409. The maximum absolute atomic E-state index is 12.9. The number of methoxy groups -OCH3 is 1. The minimum Gasteiger partial charge on any atom is -0.493 e. The number of hydrogen-bond donors (Lipinski definition) is 0. The van der Waals surface area contributed by atoms with E-state index >= 15 is 0 Å². The van der Waals surface area contributed by atoms with Crippen LogP contribution in [0.2, 0.25) is 0 Å². The summed E-state index contributed by atoms with van der Waals surface area (Å²) in [5.41, 5.74) is 1.70. The lowest BCUT2D eigenvalue weighted by Crippen LogP contribution is -2.48. The molecule has 1 fully saturated rings. The molecule has 0 atom stereocenters. The van der Waals surface area contributed by atoms with E-state index in [1.54, 1.807) is 25.3 Å². The predicted molar refractivity (Wildman–Crippen MR) is 110 cm³/mol. The highest BCUT2D eigenvalue weighted by Gasteiger charge is 2.24. The molecule has 2 aromatic carbocycles. The van der Waals surface area contributed by atoms with Gasteiger partial charge in [0, 0.05) is 31.7 Å². The number of carbonyl (C=O) groups is 1. The van der Waals surface area contributed by atoms with Crippen LogP contribution in [-0.2, 0) is 0 Å². The van der Waals surface area contributed by atoms with Gasteiger partial charge in [-0.25, -0.2) is 0 Å². The van der Waals surface area contributed by atoms with E-state index in [-0.39, 0.29) is 5.91 Å². The SMILES string of the molecule is CCOc1ccc(C(=O)N2CCN(c3ccccc3OCC)CC2)cc1OC. The van der Waals surface area contributed by atoms with Crippen molar-refractivity contribution in [3.8, 4) is 17.2 Å². The monoisotopic (exact) mass is 384 g/mol. The second-order valence-corrected chi connectivity index (χ2v) is 6.48. The molecule has 28 heavy (non-hydrogen) atoms. The molecular formula is C22H28N2O4. The van der Waals surface area contributed by atoms with Crippen LogP contribution < -0.4 is 19.1 Å². The van der Waals surface area contributed by atoms with Crippen molar-refractivity contribution in [3.63, 3.8) is 0 Å². The second-order valence-electron chi connectivity index (χ2n) is 6.48. The quantitative estimate of drug-likeness (QED) is 0.732. The van der Waals surface area contributed by atoms with Gasteiger partial charge in [-0.15, -0.1) is 0 Å². The van der Waals surface area contributed by atoms with E-state index in [2.05, 4.69) is 11.0 Å². The Morgan fingerprint density at radius 1 is 0.893 bits per heavy atom. The van der Waals surface area contributed by atoms with Crippen molar-refractivity contribution in [2.24, 2.45) is 0 Å². The molecule has 6 heteroatoms. The average molecular weight is 384 g/mol. The average Bonchev–Trinajstić information content (AvgIpc) is 2.74. The summed E-state index contributed by atoms with van der Waals surface area (Å²) in [6.45, 7) is 7.95. The summed E-state index contributed by atoms with van der Waals surface area (Å²) in [7, 11) is 1.58. The highest BCUT2D eigenvalue weighted by Crippen LogP contribution is 2.30. The lowest BCUT2D eigenvalue weighted by molar-refractivity contribution is 0.0746. The Labute approximate surface area is 166 Å². The zero-order valence-electron chi connectivity index (χ0n) is 16.8. The fourth-order valence-corrected chi connectivity index (χ4v) is 3.40. The Morgan fingerprint density at radius 2 is 1.57 bits per heavy atom. The summed E-state index contributed by atoms with van der Waals surface area (Å²) in [5, 5.41) is 0. The van der Waals surface area contributed by atoms with Crippen LogP contribution in [-0.4, -0.2) is 57.3 Å². The van der Waals surface area contributed by atoms with E-state index in [4.69, 9.17) is 14.2 Å². The van der Waals surface area contributed by atoms with Gasteiger partial charge in [0.15, 0.2) is 11.5 Å². The van der Waals surface area contributed by atoms with E-state index in [1.807, 2.05) is 36.9 Å². The van der Waals surface area contributed by atoms with Gasteiger partial charge in [0.25, 0.3) is 5.91 Å². The van der Waals surface area contributed by atoms with Crippen LogP contribution in [0.1, 0.15) is 24.2 Å². The lowest BCUT2D eigenvalue weighted by Gasteiger charge is -2.36. The van der Waals surface area contributed by atoms with E-state index in [0.717, 1.165) is 24.5 Å². The largest absolute Gasteiger partial charge is 0.493 e. The molecule has 0 unspecified atom stereocenters. The van der Waals surface area contributed by atoms with Gasteiger partial charge >= 0.3 is 0 Å². The van der Waals surface area contributed by atoms with Gasteiger partial charge < -0.3 is 24.0 Å². The number of amides is 1. The van der Waals surface area contributed by atoms with E-state index in [1.165, 1.54) is 0 Å². The summed E-state index contributed by atoms with van der Waals surface area (Å²) < 4.78 is 16.6. The number of anilines is 1.